The third-order valence-electron chi connectivity index (χ3n) is 7.42. The Labute approximate surface area is 248 Å². The topological polar surface area (TPSA) is 138 Å². The van der Waals surface area contributed by atoms with Crippen molar-refractivity contribution in [1.29, 1.82) is 0 Å². The molecule has 1 aliphatic rings. The van der Waals surface area contributed by atoms with E-state index in [1.54, 1.807) is 12.1 Å². The Morgan fingerprint density at radius 2 is 1.12 bits per heavy atom. The van der Waals surface area contributed by atoms with E-state index in [-0.39, 0.29) is 43.0 Å². The lowest BCUT2D eigenvalue weighted by atomic mass is 9.75. The van der Waals surface area contributed by atoms with Crippen molar-refractivity contribution in [3.63, 3.8) is 0 Å². The fourth-order valence-electron chi connectivity index (χ4n) is 5.34. The number of aliphatic hydroxyl groups is 3. The Kier molecular flexibility index (Phi) is 13.3. The minimum absolute atomic E-state index is 0.110. The maximum Gasteiger partial charge on any atom is 0.126 e. The summed E-state index contributed by atoms with van der Waals surface area (Å²) in [6.07, 6.45) is 2.41. The molecule has 0 saturated heterocycles. The highest BCUT2D eigenvalue weighted by Crippen LogP contribution is 2.44. The fraction of sp³-hybridized carbons (Fsp3) is 0.515. The van der Waals surface area contributed by atoms with E-state index in [1.165, 1.54) is 0 Å². The number of ether oxygens (including phenoxy) is 4. The minimum Gasteiger partial charge on any atom is -0.512 e. The van der Waals surface area contributed by atoms with Crippen molar-refractivity contribution in [3.8, 4) is 11.5 Å². The van der Waals surface area contributed by atoms with Gasteiger partial charge >= 0.3 is 0 Å². The molecule has 232 valence electrons. The first-order chi connectivity index (χ1) is 20.3. The predicted molar refractivity (Wildman–Crippen MR) is 159 cm³/mol. The average molecular weight is 587 g/mol. The van der Waals surface area contributed by atoms with Crippen LogP contribution in [0.4, 0.5) is 0 Å². The van der Waals surface area contributed by atoms with Gasteiger partial charge in [-0.2, -0.15) is 0 Å². The lowest BCUT2D eigenvalue weighted by Crippen LogP contribution is -2.22. The summed E-state index contributed by atoms with van der Waals surface area (Å²) in [7, 11) is 0. The van der Waals surface area contributed by atoms with Crippen molar-refractivity contribution in [3.05, 3.63) is 80.6 Å². The van der Waals surface area contributed by atoms with Gasteiger partial charge < -0.3 is 44.5 Å². The van der Waals surface area contributed by atoms with E-state index in [1.807, 2.05) is 45.9 Å². The van der Waals surface area contributed by atoms with E-state index in [4.69, 9.17) is 18.9 Å². The first kappa shape index (κ1) is 33.6. The van der Waals surface area contributed by atoms with E-state index >= 15 is 0 Å². The molecule has 2 aromatic rings. The molecular formula is C33H46O9. The first-order valence-corrected chi connectivity index (χ1v) is 14.7. The molecule has 5 N–H and O–H groups in total. The van der Waals surface area contributed by atoms with Gasteiger partial charge in [0.05, 0.1) is 39.6 Å². The summed E-state index contributed by atoms with van der Waals surface area (Å²) in [4.78, 5) is 0. The van der Waals surface area contributed by atoms with Crippen LogP contribution in [0.5, 0.6) is 11.5 Å². The monoisotopic (exact) mass is 586 g/mol. The molecule has 2 aromatic carbocycles. The van der Waals surface area contributed by atoms with Gasteiger partial charge in [-0.15, -0.1) is 0 Å². The van der Waals surface area contributed by atoms with Crippen LogP contribution in [-0.2, 0) is 45.4 Å². The lowest BCUT2D eigenvalue weighted by Gasteiger charge is -2.31. The quantitative estimate of drug-likeness (QED) is 0.171. The van der Waals surface area contributed by atoms with Gasteiger partial charge in [0.1, 0.15) is 17.3 Å². The first-order valence-electron chi connectivity index (χ1n) is 14.7. The van der Waals surface area contributed by atoms with Crippen LogP contribution in [0.25, 0.3) is 0 Å². The molecule has 2 atom stereocenters. The Hall–Kier alpha value is -2.92. The number of hydrogen-bond acceptors (Lipinski definition) is 9. The number of allylic oxidation sites excluding steroid dienone is 1. The van der Waals surface area contributed by atoms with Crippen LogP contribution in [0.3, 0.4) is 0 Å². The highest BCUT2D eigenvalue weighted by Gasteiger charge is 2.31. The maximum absolute atomic E-state index is 11.2. The van der Waals surface area contributed by atoms with Crippen LogP contribution in [-0.4, -0.2) is 65.2 Å². The SMILES string of the molecule is CCOCC1=C(O)C(COCC)CC(C(c2cc(CO)c(O)c(CO)c2)c2cc(COCC)c(O)c(COCC)c2)=C1. The van der Waals surface area contributed by atoms with E-state index in [2.05, 4.69) is 0 Å². The van der Waals surface area contributed by atoms with E-state index in [0.717, 1.165) is 16.7 Å². The summed E-state index contributed by atoms with van der Waals surface area (Å²) in [5.74, 6) is -0.548. The van der Waals surface area contributed by atoms with E-state index < -0.39 is 19.1 Å². The third kappa shape index (κ3) is 8.12. The van der Waals surface area contributed by atoms with Crippen molar-refractivity contribution < 1.29 is 44.5 Å². The van der Waals surface area contributed by atoms with Gasteiger partial charge in [-0.05, 0) is 69.5 Å². The van der Waals surface area contributed by atoms with Gasteiger partial charge in [0.25, 0.3) is 0 Å². The zero-order valence-corrected chi connectivity index (χ0v) is 25.2. The normalized spacial score (nSPS) is 16.1. The highest BCUT2D eigenvalue weighted by molar-refractivity contribution is 5.54. The standard InChI is InChI=1S/C33H46O9/c1-5-39-17-26-11-22(12-27(32(26)37)18-40-6-2)30(21-9-24(15-34)31(36)25(10-21)16-35)23-13-28(19-41-7-3)33(38)29(14-23)20-42-8-4/h9-13,29-30,34-38H,5-8,14-20H2,1-4H3. The number of phenols is 2. The molecule has 0 aromatic heterocycles. The molecule has 0 bridgehead atoms. The summed E-state index contributed by atoms with van der Waals surface area (Å²) in [5.41, 5.74) is 4.95. The Morgan fingerprint density at radius 3 is 1.60 bits per heavy atom. The summed E-state index contributed by atoms with van der Waals surface area (Å²) < 4.78 is 22.8. The maximum atomic E-state index is 11.2. The second-order valence-electron chi connectivity index (χ2n) is 10.2. The third-order valence-corrected chi connectivity index (χ3v) is 7.42. The average Bonchev–Trinajstić information content (AvgIpc) is 3.00. The number of aliphatic hydroxyl groups excluding tert-OH is 3. The van der Waals surface area contributed by atoms with Gasteiger partial charge in [-0.25, -0.2) is 0 Å². The van der Waals surface area contributed by atoms with Crippen LogP contribution >= 0.6 is 0 Å². The van der Waals surface area contributed by atoms with Crippen LogP contribution < -0.4 is 0 Å². The van der Waals surface area contributed by atoms with E-state index in [0.29, 0.717) is 67.3 Å². The van der Waals surface area contributed by atoms with Crippen molar-refractivity contribution in [2.45, 2.75) is 66.5 Å². The summed E-state index contributed by atoms with van der Waals surface area (Å²) >= 11 is 0. The smallest absolute Gasteiger partial charge is 0.126 e. The molecule has 9 nitrogen and oxygen atoms in total. The molecule has 42 heavy (non-hydrogen) atoms. The number of benzene rings is 2. The Bertz CT molecular complexity index is 1180. The van der Waals surface area contributed by atoms with Crippen molar-refractivity contribution in [1.82, 2.24) is 0 Å². The predicted octanol–water partition coefficient (Wildman–Crippen LogP) is 5.12. The van der Waals surface area contributed by atoms with Crippen LogP contribution in [0.2, 0.25) is 0 Å². The zero-order valence-electron chi connectivity index (χ0n) is 25.2. The number of hydrogen-bond donors (Lipinski definition) is 5. The Balaban J connectivity index is 2.31. The zero-order chi connectivity index (χ0) is 30.6. The van der Waals surface area contributed by atoms with Crippen molar-refractivity contribution in [2.75, 3.05) is 39.6 Å². The molecular weight excluding hydrogens is 540 g/mol. The number of phenolic OH excluding ortho intramolecular Hbond substituents is 1. The van der Waals surface area contributed by atoms with Gasteiger partial charge in [-0.1, -0.05) is 11.6 Å². The molecule has 0 saturated carbocycles. The molecule has 3 rings (SSSR count). The highest BCUT2D eigenvalue weighted by atomic mass is 16.5. The molecule has 1 aliphatic carbocycles. The Morgan fingerprint density at radius 1 is 0.667 bits per heavy atom. The van der Waals surface area contributed by atoms with Gasteiger partial charge in [-0.3, -0.25) is 0 Å². The molecule has 0 radical (unpaired) electrons. The molecule has 0 aliphatic heterocycles. The fourth-order valence-corrected chi connectivity index (χ4v) is 5.34. The van der Waals surface area contributed by atoms with E-state index in [9.17, 15) is 25.5 Å². The molecule has 0 amide bonds. The number of rotatable bonds is 17. The largest absolute Gasteiger partial charge is 0.512 e. The van der Waals surface area contributed by atoms with Crippen molar-refractivity contribution in [2.24, 2.45) is 5.92 Å². The summed E-state index contributed by atoms with van der Waals surface area (Å²) in [5, 5.41) is 53.0. The number of aromatic hydroxyl groups is 2. The minimum atomic E-state index is -0.434. The molecule has 2 unspecified atom stereocenters. The van der Waals surface area contributed by atoms with Crippen LogP contribution in [0, 0.1) is 5.92 Å². The molecule has 9 heteroatoms. The molecule has 0 spiro atoms. The second kappa shape index (κ2) is 16.6. The molecule has 0 fully saturated rings. The van der Waals surface area contributed by atoms with Crippen molar-refractivity contribution >= 4 is 0 Å². The summed E-state index contributed by atoms with van der Waals surface area (Å²) in [6.45, 7) is 9.62. The van der Waals surface area contributed by atoms with Crippen LogP contribution in [0.1, 0.15) is 73.4 Å². The lowest BCUT2D eigenvalue weighted by molar-refractivity contribution is 0.101. The van der Waals surface area contributed by atoms with Gasteiger partial charge in [0.2, 0.25) is 0 Å². The van der Waals surface area contributed by atoms with Gasteiger partial charge in [0, 0.05) is 66.1 Å². The summed E-state index contributed by atoms with van der Waals surface area (Å²) in [6, 6.07) is 7.26. The second-order valence-corrected chi connectivity index (χ2v) is 10.2. The van der Waals surface area contributed by atoms with Crippen LogP contribution in [0.15, 0.2) is 47.2 Å². The van der Waals surface area contributed by atoms with Gasteiger partial charge in [0.15, 0.2) is 0 Å². The molecule has 0 heterocycles.